The zero-order valence-electron chi connectivity index (χ0n) is 18.7. The number of amides is 2. The fourth-order valence-electron chi connectivity index (χ4n) is 4.17. The van der Waals surface area contributed by atoms with Gasteiger partial charge in [0.1, 0.15) is 12.4 Å². The Labute approximate surface area is 196 Å². The second kappa shape index (κ2) is 10.2. The molecular formula is C26H26N2O6. The molecule has 0 bridgehead atoms. The maximum atomic E-state index is 12.3. The van der Waals surface area contributed by atoms with Crippen LogP contribution in [0, 0.1) is 0 Å². The number of alkyl carbamates (subject to hydrolysis) is 1. The van der Waals surface area contributed by atoms with E-state index in [1.165, 1.54) is 6.07 Å². The molecule has 3 aromatic rings. The van der Waals surface area contributed by atoms with E-state index in [4.69, 9.17) is 14.3 Å². The molecule has 1 aromatic heterocycles. The highest BCUT2D eigenvalue weighted by Crippen LogP contribution is 2.44. The number of ether oxygens (including phenoxy) is 1. The minimum absolute atomic E-state index is 0.0330. The van der Waals surface area contributed by atoms with E-state index in [0.29, 0.717) is 12.2 Å². The molecule has 1 atom stereocenters. The van der Waals surface area contributed by atoms with Crippen LogP contribution < -0.4 is 10.6 Å². The lowest BCUT2D eigenvalue weighted by atomic mass is 9.98. The fraction of sp³-hybridized carbons (Fsp3) is 0.269. The van der Waals surface area contributed by atoms with Crippen LogP contribution in [-0.2, 0) is 16.1 Å². The Hall–Kier alpha value is -4.07. The Morgan fingerprint density at radius 3 is 2.26 bits per heavy atom. The van der Waals surface area contributed by atoms with Crippen LogP contribution in [0.1, 0.15) is 53.1 Å². The molecule has 0 aliphatic heterocycles. The van der Waals surface area contributed by atoms with Gasteiger partial charge in [-0.15, -0.1) is 0 Å². The number of carboxylic acid groups (broad SMARTS) is 1. The van der Waals surface area contributed by atoms with Gasteiger partial charge in [0.05, 0.1) is 13.0 Å². The van der Waals surface area contributed by atoms with E-state index in [2.05, 4.69) is 34.9 Å². The molecule has 1 aliphatic rings. The Bertz CT molecular complexity index is 1160. The summed E-state index contributed by atoms with van der Waals surface area (Å²) in [5, 5.41) is 14.2. The summed E-state index contributed by atoms with van der Waals surface area (Å²) >= 11 is 0. The van der Waals surface area contributed by atoms with Crippen LogP contribution >= 0.6 is 0 Å². The topological polar surface area (TPSA) is 118 Å². The highest BCUT2D eigenvalue weighted by atomic mass is 16.5. The third kappa shape index (κ3) is 5.11. The minimum Gasteiger partial charge on any atom is -0.481 e. The monoisotopic (exact) mass is 462 g/mol. The van der Waals surface area contributed by atoms with Crippen LogP contribution in [0.25, 0.3) is 11.1 Å². The highest BCUT2D eigenvalue weighted by molar-refractivity contribution is 5.92. The normalized spacial score (nSPS) is 13.0. The summed E-state index contributed by atoms with van der Waals surface area (Å²) in [6.45, 7) is 2.05. The van der Waals surface area contributed by atoms with Crippen LogP contribution in [0.15, 0.2) is 65.1 Å². The number of fused-ring (bicyclic) bond motifs is 3. The Kier molecular flexibility index (Phi) is 6.96. The van der Waals surface area contributed by atoms with Gasteiger partial charge in [-0.25, -0.2) is 4.79 Å². The van der Waals surface area contributed by atoms with Gasteiger partial charge in [-0.05, 0) is 40.8 Å². The van der Waals surface area contributed by atoms with Crippen molar-refractivity contribution in [2.75, 3.05) is 6.61 Å². The van der Waals surface area contributed by atoms with Crippen molar-refractivity contribution < 1.29 is 28.6 Å². The van der Waals surface area contributed by atoms with Crippen molar-refractivity contribution in [2.24, 2.45) is 0 Å². The van der Waals surface area contributed by atoms with Gasteiger partial charge in [0.25, 0.3) is 5.91 Å². The molecule has 176 valence electrons. The number of hydrogen-bond acceptors (Lipinski definition) is 5. The van der Waals surface area contributed by atoms with E-state index in [-0.39, 0.29) is 31.3 Å². The first-order valence-corrected chi connectivity index (χ1v) is 11.2. The van der Waals surface area contributed by atoms with Gasteiger partial charge in [-0.2, -0.15) is 0 Å². The number of nitrogens with one attached hydrogen (secondary N) is 2. The van der Waals surface area contributed by atoms with Crippen LogP contribution in [0.4, 0.5) is 4.79 Å². The Morgan fingerprint density at radius 2 is 1.65 bits per heavy atom. The molecule has 0 spiro atoms. The standard InChI is InChI=1S/C26H26N2O6/c1-2-16(13-24(29)30)28-25(31)23-12-11-17(34-23)14-27-26(32)33-15-22-20-9-5-3-7-18(20)19-8-4-6-10-21(19)22/h3-12,16,22H,2,13-15H2,1H3,(H,27,32)(H,28,31)(H,29,30)/t16-/m1/s1. The van der Waals surface area contributed by atoms with Crippen molar-refractivity contribution >= 4 is 18.0 Å². The molecule has 2 aromatic carbocycles. The Balaban J connectivity index is 1.30. The second-order valence-corrected chi connectivity index (χ2v) is 8.12. The average Bonchev–Trinajstić information content (AvgIpc) is 3.44. The summed E-state index contributed by atoms with van der Waals surface area (Å²) in [7, 11) is 0. The number of carbonyl (C=O) groups is 3. The maximum absolute atomic E-state index is 12.3. The number of rotatable bonds is 9. The first-order valence-electron chi connectivity index (χ1n) is 11.2. The molecular weight excluding hydrogens is 436 g/mol. The first-order chi connectivity index (χ1) is 16.5. The number of carboxylic acids is 1. The van der Waals surface area contributed by atoms with Crippen molar-refractivity contribution in [3.8, 4) is 11.1 Å². The summed E-state index contributed by atoms with van der Waals surface area (Å²) in [6.07, 6.45) is -0.273. The summed E-state index contributed by atoms with van der Waals surface area (Å²) in [5.41, 5.74) is 4.57. The molecule has 0 saturated heterocycles. The quantitative estimate of drug-likeness (QED) is 0.436. The van der Waals surface area contributed by atoms with Crippen LogP contribution in [-0.4, -0.2) is 35.7 Å². The summed E-state index contributed by atoms with van der Waals surface area (Å²) in [4.78, 5) is 35.5. The number of aliphatic carboxylic acids is 1. The highest BCUT2D eigenvalue weighted by Gasteiger charge is 2.29. The van der Waals surface area contributed by atoms with E-state index in [9.17, 15) is 14.4 Å². The lowest BCUT2D eigenvalue weighted by Crippen LogP contribution is -2.35. The largest absolute Gasteiger partial charge is 0.481 e. The molecule has 0 saturated carbocycles. The summed E-state index contributed by atoms with van der Waals surface area (Å²) < 4.78 is 11.0. The SMILES string of the molecule is CC[C@H](CC(=O)O)NC(=O)c1ccc(CNC(=O)OCC2c3ccccc3-c3ccccc32)o1. The molecule has 3 N–H and O–H groups in total. The molecule has 8 nitrogen and oxygen atoms in total. The van der Waals surface area contributed by atoms with Gasteiger partial charge in [0.15, 0.2) is 5.76 Å². The third-order valence-electron chi connectivity index (χ3n) is 5.89. The van der Waals surface area contributed by atoms with E-state index >= 15 is 0 Å². The number of benzene rings is 2. The van der Waals surface area contributed by atoms with Gasteiger partial charge in [0, 0.05) is 12.0 Å². The number of carbonyl (C=O) groups excluding carboxylic acids is 2. The average molecular weight is 463 g/mol. The van der Waals surface area contributed by atoms with Crippen LogP contribution in [0.2, 0.25) is 0 Å². The van der Waals surface area contributed by atoms with Gasteiger partial charge in [0.2, 0.25) is 0 Å². The second-order valence-electron chi connectivity index (χ2n) is 8.12. The molecule has 0 radical (unpaired) electrons. The van der Waals surface area contributed by atoms with Crippen molar-refractivity contribution in [2.45, 2.75) is 38.3 Å². The van der Waals surface area contributed by atoms with E-state index < -0.39 is 24.0 Å². The fourth-order valence-corrected chi connectivity index (χ4v) is 4.17. The molecule has 0 fully saturated rings. The lowest BCUT2D eigenvalue weighted by Gasteiger charge is -2.14. The maximum Gasteiger partial charge on any atom is 0.407 e. The van der Waals surface area contributed by atoms with E-state index in [1.807, 2.05) is 24.3 Å². The molecule has 34 heavy (non-hydrogen) atoms. The van der Waals surface area contributed by atoms with Crippen molar-refractivity contribution in [1.82, 2.24) is 10.6 Å². The van der Waals surface area contributed by atoms with Crippen LogP contribution in [0.3, 0.4) is 0 Å². The summed E-state index contributed by atoms with van der Waals surface area (Å²) in [6, 6.07) is 18.8. The number of furan rings is 1. The molecule has 2 amide bonds. The van der Waals surface area contributed by atoms with Gasteiger partial charge < -0.3 is 24.9 Å². The molecule has 1 aliphatic carbocycles. The van der Waals surface area contributed by atoms with E-state index in [1.54, 1.807) is 13.0 Å². The van der Waals surface area contributed by atoms with Gasteiger partial charge in [-0.3, -0.25) is 9.59 Å². The molecule has 0 unspecified atom stereocenters. The van der Waals surface area contributed by atoms with Crippen molar-refractivity contribution in [1.29, 1.82) is 0 Å². The Morgan fingerprint density at radius 1 is 1.00 bits per heavy atom. The predicted molar refractivity (Wildman–Crippen MR) is 124 cm³/mol. The van der Waals surface area contributed by atoms with Gasteiger partial charge >= 0.3 is 12.1 Å². The van der Waals surface area contributed by atoms with Crippen molar-refractivity contribution in [3.63, 3.8) is 0 Å². The smallest absolute Gasteiger partial charge is 0.407 e. The zero-order valence-corrected chi connectivity index (χ0v) is 18.7. The minimum atomic E-state index is -0.987. The number of hydrogen-bond donors (Lipinski definition) is 3. The third-order valence-corrected chi connectivity index (χ3v) is 5.89. The zero-order chi connectivity index (χ0) is 24.1. The van der Waals surface area contributed by atoms with Crippen molar-refractivity contribution in [3.05, 3.63) is 83.3 Å². The van der Waals surface area contributed by atoms with Gasteiger partial charge in [-0.1, -0.05) is 55.5 Å². The molecule has 1 heterocycles. The summed E-state index contributed by atoms with van der Waals surface area (Å²) in [5.74, 6) is -1.09. The van der Waals surface area contributed by atoms with E-state index in [0.717, 1.165) is 22.3 Å². The molecule has 4 rings (SSSR count). The first kappa shape index (κ1) is 23.1. The predicted octanol–water partition coefficient (Wildman–Crippen LogP) is 4.30. The lowest BCUT2D eigenvalue weighted by molar-refractivity contribution is -0.137. The van der Waals surface area contributed by atoms with Crippen LogP contribution in [0.5, 0.6) is 0 Å². The molecule has 8 heteroatoms.